The van der Waals surface area contributed by atoms with Crippen LogP contribution in [-0.4, -0.2) is 32.1 Å². The van der Waals surface area contributed by atoms with E-state index in [-0.39, 0.29) is 31.4 Å². The molecule has 0 aliphatic heterocycles. The van der Waals surface area contributed by atoms with Crippen LogP contribution in [0.25, 0.3) is 0 Å². The summed E-state index contributed by atoms with van der Waals surface area (Å²) in [5.41, 5.74) is 5.93. The molecule has 0 aliphatic rings. The molecule has 0 spiro atoms. The summed E-state index contributed by atoms with van der Waals surface area (Å²) in [6.45, 7) is 0.492. The van der Waals surface area contributed by atoms with Gasteiger partial charge in [-0.1, -0.05) is 11.8 Å². The standard InChI is InChI=1S/C12H14N2O3S/c1-17-10(15)4-7-14-12(16)11-9(3-2-6-13)5-8-18-11/h5,8H,4,6-7,13H2,1H3,(H,14,16). The molecule has 1 heterocycles. The summed E-state index contributed by atoms with van der Waals surface area (Å²) >= 11 is 1.30. The highest BCUT2D eigenvalue weighted by Gasteiger charge is 2.11. The second kappa shape index (κ2) is 7.48. The Kier molecular flexibility index (Phi) is 5.91. The first-order valence-corrected chi connectivity index (χ1v) is 6.18. The molecule has 0 aromatic carbocycles. The van der Waals surface area contributed by atoms with Crippen LogP contribution in [0.3, 0.4) is 0 Å². The first-order chi connectivity index (χ1) is 8.69. The Hall–Kier alpha value is -1.84. The lowest BCUT2D eigenvalue weighted by Gasteiger charge is -2.03. The fourth-order valence-electron chi connectivity index (χ4n) is 1.19. The van der Waals surface area contributed by atoms with Crippen molar-refractivity contribution in [3.63, 3.8) is 0 Å². The van der Waals surface area contributed by atoms with E-state index in [1.807, 2.05) is 0 Å². The lowest BCUT2D eigenvalue weighted by Crippen LogP contribution is -2.26. The Morgan fingerprint density at radius 1 is 1.56 bits per heavy atom. The zero-order valence-corrected chi connectivity index (χ0v) is 10.8. The molecular formula is C12H14N2O3S. The molecule has 0 atom stereocenters. The van der Waals surface area contributed by atoms with Crippen molar-refractivity contribution in [2.45, 2.75) is 6.42 Å². The molecule has 0 radical (unpaired) electrons. The summed E-state index contributed by atoms with van der Waals surface area (Å²) in [6.07, 6.45) is 0.150. The maximum atomic E-state index is 11.8. The third kappa shape index (κ3) is 4.20. The van der Waals surface area contributed by atoms with Crippen molar-refractivity contribution in [2.24, 2.45) is 5.73 Å². The Morgan fingerprint density at radius 2 is 2.33 bits per heavy atom. The maximum Gasteiger partial charge on any atom is 0.307 e. The number of rotatable bonds is 4. The minimum Gasteiger partial charge on any atom is -0.469 e. The molecule has 0 aliphatic carbocycles. The molecule has 0 saturated heterocycles. The van der Waals surface area contributed by atoms with Crippen LogP contribution in [0, 0.1) is 11.8 Å². The highest BCUT2D eigenvalue weighted by molar-refractivity contribution is 7.12. The number of ether oxygens (including phenoxy) is 1. The summed E-state index contributed by atoms with van der Waals surface area (Å²) in [5.74, 6) is 4.93. The molecule has 0 bridgehead atoms. The predicted octanol–water partition coefficient (Wildman–Crippen LogP) is 0.351. The summed E-state index contributed by atoms with van der Waals surface area (Å²) < 4.78 is 4.48. The number of esters is 1. The second-order valence-corrected chi connectivity index (χ2v) is 4.17. The normalized spacial score (nSPS) is 9.22. The predicted molar refractivity (Wildman–Crippen MR) is 69.2 cm³/mol. The average Bonchev–Trinajstić information content (AvgIpc) is 2.84. The lowest BCUT2D eigenvalue weighted by molar-refractivity contribution is -0.140. The summed E-state index contributed by atoms with van der Waals surface area (Å²) in [7, 11) is 1.31. The number of methoxy groups -OCH3 is 1. The Balaban J connectivity index is 2.56. The van der Waals surface area contributed by atoms with Gasteiger partial charge in [0.15, 0.2) is 0 Å². The molecule has 0 unspecified atom stereocenters. The van der Waals surface area contributed by atoms with Gasteiger partial charge >= 0.3 is 5.97 Å². The minimum absolute atomic E-state index is 0.150. The fourth-order valence-corrected chi connectivity index (χ4v) is 1.96. The molecular weight excluding hydrogens is 252 g/mol. The van der Waals surface area contributed by atoms with E-state index in [0.717, 1.165) is 0 Å². The molecule has 5 nitrogen and oxygen atoms in total. The number of carbonyl (C=O) groups excluding carboxylic acids is 2. The van der Waals surface area contributed by atoms with Crippen molar-refractivity contribution in [1.82, 2.24) is 5.32 Å². The van der Waals surface area contributed by atoms with Crippen molar-refractivity contribution in [3.8, 4) is 11.8 Å². The number of hydrogen-bond acceptors (Lipinski definition) is 5. The molecule has 1 aromatic heterocycles. The smallest absolute Gasteiger partial charge is 0.307 e. The summed E-state index contributed by atoms with van der Waals surface area (Å²) in [6, 6.07) is 1.77. The Bertz CT molecular complexity index is 485. The van der Waals surface area contributed by atoms with Crippen LogP contribution >= 0.6 is 11.3 Å². The van der Waals surface area contributed by atoms with E-state index in [9.17, 15) is 9.59 Å². The van der Waals surface area contributed by atoms with Gasteiger partial charge in [-0.2, -0.15) is 0 Å². The van der Waals surface area contributed by atoms with E-state index in [1.54, 1.807) is 11.4 Å². The van der Waals surface area contributed by atoms with Crippen molar-refractivity contribution >= 4 is 23.2 Å². The first kappa shape index (κ1) is 14.2. The quantitative estimate of drug-likeness (QED) is 0.608. The van der Waals surface area contributed by atoms with E-state index in [4.69, 9.17) is 5.73 Å². The van der Waals surface area contributed by atoms with E-state index in [1.165, 1.54) is 18.4 Å². The van der Waals surface area contributed by atoms with Crippen LogP contribution < -0.4 is 11.1 Å². The van der Waals surface area contributed by atoms with Crippen LogP contribution in [-0.2, 0) is 9.53 Å². The van der Waals surface area contributed by atoms with Gasteiger partial charge < -0.3 is 15.8 Å². The van der Waals surface area contributed by atoms with Crippen LogP contribution in [0.2, 0.25) is 0 Å². The largest absolute Gasteiger partial charge is 0.469 e. The van der Waals surface area contributed by atoms with Gasteiger partial charge in [0.25, 0.3) is 5.91 Å². The topological polar surface area (TPSA) is 81.4 Å². The molecule has 96 valence electrons. The Morgan fingerprint density at radius 3 is 3.00 bits per heavy atom. The zero-order chi connectivity index (χ0) is 13.4. The van der Waals surface area contributed by atoms with E-state index in [0.29, 0.717) is 10.4 Å². The molecule has 1 aromatic rings. The van der Waals surface area contributed by atoms with Crippen LogP contribution in [0.1, 0.15) is 21.7 Å². The summed E-state index contributed by atoms with van der Waals surface area (Å²) in [4.78, 5) is 23.2. The van der Waals surface area contributed by atoms with Gasteiger partial charge in [-0.15, -0.1) is 11.3 Å². The van der Waals surface area contributed by atoms with Crippen molar-refractivity contribution in [2.75, 3.05) is 20.2 Å². The van der Waals surface area contributed by atoms with Gasteiger partial charge in [0, 0.05) is 12.1 Å². The highest BCUT2D eigenvalue weighted by Crippen LogP contribution is 2.15. The summed E-state index contributed by atoms with van der Waals surface area (Å²) in [5, 5.41) is 4.43. The Labute approximate surface area is 109 Å². The van der Waals surface area contributed by atoms with Crippen molar-refractivity contribution in [1.29, 1.82) is 0 Å². The number of hydrogen-bond donors (Lipinski definition) is 2. The van der Waals surface area contributed by atoms with E-state index in [2.05, 4.69) is 21.9 Å². The molecule has 0 fully saturated rings. The number of nitrogens with two attached hydrogens (primary N) is 1. The van der Waals surface area contributed by atoms with Crippen molar-refractivity contribution in [3.05, 3.63) is 21.9 Å². The number of carbonyl (C=O) groups is 2. The third-order valence-corrected chi connectivity index (χ3v) is 2.95. The minimum atomic E-state index is -0.357. The average molecular weight is 266 g/mol. The maximum absolute atomic E-state index is 11.8. The first-order valence-electron chi connectivity index (χ1n) is 5.30. The van der Waals surface area contributed by atoms with Gasteiger partial charge in [0.1, 0.15) is 4.88 Å². The van der Waals surface area contributed by atoms with E-state index < -0.39 is 0 Å². The molecule has 0 saturated carbocycles. The lowest BCUT2D eigenvalue weighted by atomic mass is 10.2. The highest BCUT2D eigenvalue weighted by atomic mass is 32.1. The molecule has 1 rings (SSSR count). The van der Waals surface area contributed by atoms with Gasteiger partial charge in [0.2, 0.25) is 0 Å². The van der Waals surface area contributed by atoms with Gasteiger partial charge in [0.05, 0.1) is 20.1 Å². The second-order valence-electron chi connectivity index (χ2n) is 3.25. The third-order valence-electron chi connectivity index (χ3n) is 2.04. The van der Waals surface area contributed by atoms with Crippen LogP contribution in [0.15, 0.2) is 11.4 Å². The number of nitrogens with one attached hydrogen (secondary N) is 1. The SMILES string of the molecule is COC(=O)CCNC(=O)c1sccc1C#CCN. The van der Waals surface area contributed by atoms with Crippen LogP contribution in [0.5, 0.6) is 0 Å². The van der Waals surface area contributed by atoms with Crippen LogP contribution in [0.4, 0.5) is 0 Å². The number of thiophene rings is 1. The molecule has 6 heteroatoms. The molecule has 1 amide bonds. The molecule has 18 heavy (non-hydrogen) atoms. The van der Waals surface area contributed by atoms with E-state index >= 15 is 0 Å². The zero-order valence-electron chi connectivity index (χ0n) is 9.99. The monoisotopic (exact) mass is 266 g/mol. The van der Waals surface area contributed by atoms with Crippen molar-refractivity contribution < 1.29 is 14.3 Å². The van der Waals surface area contributed by atoms with Gasteiger partial charge in [-0.05, 0) is 11.4 Å². The fraction of sp³-hybridized carbons (Fsp3) is 0.333. The van der Waals surface area contributed by atoms with Gasteiger partial charge in [-0.25, -0.2) is 0 Å². The number of amides is 1. The molecule has 3 N–H and O–H groups in total. The van der Waals surface area contributed by atoms with Gasteiger partial charge in [-0.3, -0.25) is 9.59 Å².